The molecule has 0 unspecified atom stereocenters. The van der Waals surface area contributed by atoms with Crippen LogP contribution in [0.5, 0.6) is 0 Å². The minimum absolute atomic E-state index is 0.0558. The van der Waals surface area contributed by atoms with Crippen LogP contribution in [0.4, 0.5) is 14.5 Å². The van der Waals surface area contributed by atoms with Gasteiger partial charge in [-0.15, -0.1) is 0 Å². The maximum absolute atomic E-state index is 13.4. The van der Waals surface area contributed by atoms with Crippen LogP contribution in [0.25, 0.3) is 0 Å². The molecule has 0 atom stereocenters. The first-order chi connectivity index (χ1) is 7.79. The number of rotatable bonds is 2. The van der Waals surface area contributed by atoms with Gasteiger partial charge in [0.05, 0.1) is 11.8 Å². The van der Waals surface area contributed by atoms with Crippen molar-refractivity contribution < 1.29 is 13.6 Å². The Morgan fingerprint density at radius 1 is 1.41 bits per heavy atom. The van der Waals surface area contributed by atoms with Crippen LogP contribution in [-0.4, -0.2) is 13.0 Å². The largest absolute Gasteiger partial charge is 0.311 e. The molecule has 0 bridgehead atoms. The standard InChI is InChI=1S/C12H12F2N2O/c1-12(2,7-15)11(17)16(3)10-5-4-8(13)6-9(10)14/h4-6H,1-3H3. The van der Waals surface area contributed by atoms with E-state index >= 15 is 0 Å². The van der Waals surface area contributed by atoms with Crippen LogP contribution in [0.1, 0.15) is 13.8 Å². The normalized spacial score (nSPS) is 10.8. The molecule has 5 heteroatoms. The van der Waals surface area contributed by atoms with E-state index in [9.17, 15) is 13.6 Å². The highest BCUT2D eigenvalue weighted by molar-refractivity contribution is 5.98. The number of halogens is 2. The molecule has 1 rings (SSSR count). The van der Waals surface area contributed by atoms with E-state index in [1.165, 1.54) is 20.9 Å². The Balaban J connectivity index is 3.10. The first kappa shape index (κ1) is 13.1. The van der Waals surface area contributed by atoms with Gasteiger partial charge in [-0.25, -0.2) is 8.78 Å². The monoisotopic (exact) mass is 238 g/mol. The number of carbonyl (C=O) groups is 1. The van der Waals surface area contributed by atoms with Crippen molar-refractivity contribution >= 4 is 11.6 Å². The molecule has 0 aliphatic rings. The average Bonchev–Trinajstić information content (AvgIpc) is 2.27. The van der Waals surface area contributed by atoms with Gasteiger partial charge in [0.25, 0.3) is 0 Å². The van der Waals surface area contributed by atoms with E-state index in [4.69, 9.17) is 5.26 Å². The van der Waals surface area contributed by atoms with Gasteiger partial charge in [0.15, 0.2) is 0 Å². The molecule has 0 radical (unpaired) electrons. The lowest BCUT2D eigenvalue weighted by atomic mass is 9.94. The summed E-state index contributed by atoms with van der Waals surface area (Å²) in [5.41, 5.74) is -1.31. The van der Waals surface area contributed by atoms with Gasteiger partial charge in [-0.2, -0.15) is 5.26 Å². The summed E-state index contributed by atoms with van der Waals surface area (Å²) in [4.78, 5) is 12.9. The van der Waals surface area contributed by atoms with Gasteiger partial charge in [0.1, 0.15) is 17.0 Å². The third-order valence-electron chi connectivity index (χ3n) is 2.39. The van der Waals surface area contributed by atoms with Crippen molar-refractivity contribution in [1.82, 2.24) is 0 Å². The fourth-order valence-electron chi connectivity index (χ4n) is 1.33. The van der Waals surface area contributed by atoms with Crippen LogP contribution in [-0.2, 0) is 4.79 Å². The van der Waals surface area contributed by atoms with E-state index in [1.54, 1.807) is 0 Å². The lowest BCUT2D eigenvalue weighted by molar-refractivity contribution is -0.123. The van der Waals surface area contributed by atoms with Crippen LogP contribution < -0.4 is 4.90 Å². The molecule has 0 aromatic heterocycles. The van der Waals surface area contributed by atoms with Crippen molar-refractivity contribution in [2.24, 2.45) is 5.41 Å². The van der Waals surface area contributed by atoms with Gasteiger partial charge in [0.2, 0.25) is 5.91 Å². The summed E-state index contributed by atoms with van der Waals surface area (Å²) in [6.45, 7) is 2.88. The molecule has 0 saturated carbocycles. The second kappa shape index (κ2) is 4.50. The lowest BCUT2D eigenvalue weighted by Gasteiger charge is -2.24. The highest BCUT2D eigenvalue weighted by atomic mass is 19.1. The van der Waals surface area contributed by atoms with Gasteiger partial charge in [-0.05, 0) is 26.0 Å². The highest BCUT2D eigenvalue weighted by Crippen LogP contribution is 2.24. The third-order valence-corrected chi connectivity index (χ3v) is 2.39. The van der Waals surface area contributed by atoms with Crippen LogP contribution >= 0.6 is 0 Å². The third kappa shape index (κ3) is 2.59. The highest BCUT2D eigenvalue weighted by Gasteiger charge is 2.31. The molecule has 0 aliphatic carbocycles. The summed E-state index contributed by atoms with van der Waals surface area (Å²) in [6, 6.07) is 4.75. The Morgan fingerprint density at radius 3 is 2.47 bits per heavy atom. The molecule has 1 amide bonds. The van der Waals surface area contributed by atoms with Crippen molar-refractivity contribution in [3.8, 4) is 6.07 Å². The molecule has 3 nitrogen and oxygen atoms in total. The molecular formula is C12H12F2N2O. The van der Waals surface area contributed by atoms with Crippen molar-refractivity contribution in [1.29, 1.82) is 5.26 Å². The zero-order valence-electron chi connectivity index (χ0n) is 9.79. The Bertz CT molecular complexity index is 492. The van der Waals surface area contributed by atoms with Gasteiger partial charge < -0.3 is 4.90 Å². The molecule has 0 spiro atoms. The average molecular weight is 238 g/mol. The fraction of sp³-hybridized carbons (Fsp3) is 0.333. The summed E-state index contributed by atoms with van der Waals surface area (Å²) in [5.74, 6) is -2.10. The number of nitrogens with zero attached hydrogens (tertiary/aromatic N) is 2. The Kier molecular flexibility index (Phi) is 3.47. The minimum Gasteiger partial charge on any atom is -0.311 e. The lowest BCUT2D eigenvalue weighted by Crippen LogP contribution is -2.38. The summed E-state index contributed by atoms with van der Waals surface area (Å²) in [5, 5.41) is 8.82. The Labute approximate surface area is 98.3 Å². The zero-order chi connectivity index (χ0) is 13.2. The van der Waals surface area contributed by atoms with E-state index in [1.807, 2.05) is 6.07 Å². The molecule has 0 aliphatic heterocycles. The molecule has 17 heavy (non-hydrogen) atoms. The van der Waals surface area contributed by atoms with Crippen molar-refractivity contribution in [2.45, 2.75) is 13.8 Å². The molecule has 0 saturated heterocycles. The topological polar surface area (TPSA) is 44.1 Å². The second-order valence-corrected chi connectivity index (χ2v) is 4.20. The van der Waals surface area contributed by atoms with E-state index in [0.29, 0.717) is 6.07 Å². The van der Waals surface area contributed by atoms with E-state index in [-0.39, 0.29) is 5.69 Å². The molecular weight excluding hydrogens is 226 g/mol. The van der Waals surface area contributed by atoms with Gasteiger partial charge in [0, 0.05) is 13.1 Å². The number of benzene rings is 1. The summed E-state index contributed by atoms with van der Waals surface area (Å²) in [7, 11) is 1.34. The van der Waals surface area contributed by atoms with Crippen molar-refractivity contribution in [3.05, 3.63) is 29.8 Å². The van der Waals surface area contributed by atoms with Crippen LogP contribution in [0.2, 0.25) is 0 Å². The minimum atomic E-state index is -1.25. The van der Waals surface area contributed by atoms with Crippen LogP contribution in [0.15, 0.2) is 18.2 Å². The molecule has 0 heterocycles. The quantitative estimate of drug-likeness (QED) is 0.794. The van der Waals surface area contributed by atoms with Crippen molar-refractivity contribution in [2.75, 3.05) is 11.9 Å². The van der Waals surface area contributed by atoms with Gasteiger partial charge in [-0.3, -0.25) is 4.79 Å². The fourth-order valence-corrected chi connectivity index (χ4v) is 1.33. The van der Waals surface area contributed by atoms with E-state index in [2.05, 4.69) is 0 Å². The molecule has 1 aromatic rings. The Morgan fingerprint density at radius 2 is 2.00 bits per heavy atom. The predicted octanol–water partition coefficient (Wildman–Crippen LogP) is 2.48. The molecule has 0 N–H and O–H groups in total. The maximum atomic E-state index is 13.4. The van der Waals surface area contributed by atoms with Gasteiger partial charge >= 0.3 is 0 Å². The van der Waals surface area contributed by atoms with Gasteiger partial charge in [-0.1, -0.05) is 0 Å². The van der Waals surface area contributed by atoms with Crippen LogP contribution in [0, 0.1) is 28.4 Å². The molecule has 0 fully saturated rings. The first-order valence-corrected chi connectivity index (χ1v) is 4.94. The first-order valence-electron chi connectivity index (χ1n) is 4.94. The number of hydrogen-bond acceptors (Lipinski definition) is 2. The van der Waals surface area contributed by atoms with Crippen molar-refractivity contribution in [3.63, 3.8) is 0 Å². The summed E-state index contributed by atoms with van der Waals surface area (Å²) < 4.78 is 26.2. The number of carbonyl (C=O) groups excluding carboxylic acids is 1. The Hall–Kier alpha value is -1.96. The summed E-state index contributed by atoms with van der Waals surface area (Å²) in [6.07, 6.45) is 0. The van der Waals surface area contributed by atoms with Crippen LogP contribution in [0.3, 0.4) is 0 Å². The van der Waals surface area contributed by atoms with E-state index in [0.717, 1.165) is 17.0 Å². The number of nitriles is 1. The zero-order valence-corrected chi connectivity index (χ0v) is 9.79. The smallest absolute Gasteiger partial charge is 0.246 e. The SMILES string of the molecule is CN(C(=O)C(C)(C)C#N)c1ccc(F)cc1F. The number of hydrogen-bond donors (Lipinski definition) is 0. The second-order valence-electron chi connectivity index (χ2n) is 4.20. The van der Waals surface area contributed by atoms with E-state index < -0.39 is 23.0 Å². The number of amides is 1. The summed E-state index contributed by atoms with van der Waals surface area (Å²) >= 11 is 0. The predicted molar refractivity (Wildman–Crippen MR) is 59.2 cm³/mol. The number of anilines is 1. The maximum Gasteiger partial charge on any atom is 0.246 e. The molecule has 90 valence electrons. The molecule has 1 aromatic carbocycles.